The minimum atomic E-state index is -1.26. The van der Waals surface area contributed by atoms with E-state index >= 15 is 4.39 Å². The van der Waals surface area contributed by atoms with E-state index in [0.29, 0.717) is 28.0 Å². The number of anilines is 1. The number of nitrogens with zero attached hydrogens (tertiary/aromatic N) is 2. The Balaban J connectivity index is 1.55. The summed E-state index contributed by atoms with van der Waals surface area (Å²) in [5.74, 6) is -2.77. The van der Waals surface area contributed by atoms with Crippen LogP contribution in [0.4, 0.5) is 13.9 Å². The van der Waals surface area contributed by atoms with Crippen LogP contribution in [-0.2, 0) is 16.0 Å². The number of benzene rings is 3. The summed E-state index contributed by atoms with van der Waals surface area (Å²) in [4.78, 5) is 32.1. The van der Waals surface area contributed by atoms with Crippen LogP contribution in [0.2, 0.25) is 0 Å². The number of carbonyl (C=O) groups excluding carboxylic acids is 2. The van der Waals surface area contributed by atoms with Gasteiger partial charge in [-0.25, -0.2) is 13.8 Å². The highest BCUT2D eigenvalue weighted by Crippen LogP contribution is 2.45. The van der Waals surface area contributed by atoms with Crippen molar-refractivity contribution in [3.63, 3.8) is 0 Å². The Hall–Kier alpha value is -4.11. The molecule has 0 saturated carbocycles. The summed E-state index contributed by atoms with van der Waals surface area (Å²) in [6.07, 6.45) is 0.606. The number of fused-ring (bicyclic) bond motifs is 2. The molecule has 1 saturated heterocycles. The number of ether oxygens (including phenoxy) is 1. The minimum Gasteiger partial charge on any atom is -0.507 e. The third-order valence-electron chi connectivity index (χ3n) is 6.36. The van der Waals surface area contributed by atoms with Crippen molar-refractivity contribution in [2.75, 3.05) is 4.90 Å². The molecule has 1 N–H and O–H groups in total. The number of hydrogen-bond acceptors (Lipinski definition) is 6. The highest BCUT2D eigenvalue weighted by Gasteiger charge is 2.49. The van der Waals surface area contributed by atoms with Gasteiger partial charge in [0.2, 0.25) is 0 Å². The highest BCUT2D eigenvalue weighted by molar-refractivity contribution is 7.22. The largest absolute Gasteiger partial charge is 0.507 e. The van der Waals surface area contributed by atoms with Crippen molar-refractivity contribution in [1.29, 1.82) is 0 Å². The molecule has 9 heteroatoms. The molecule has 1 fully saturated rings. The zero-order valence-corrected chi connectivity index (χ0v) is 19.7. The van der Waals surface area contributed by atoms with Crippen LogP contribution in [0.5, 0.6) is 5.75 Å². The van der Waals surface area contributed by atoms with Crippen LogP contribution < -0.4 is 9.64 Å². The molecule has 2 atom stereocenters. The smallest absolute Gasteiger partial charge is 0.301 e. The number of aliphatic hydroxyl groups is 1. The SMILES string of the molecule is CC1Cc2cc(C(O)=C3C(=O)C(=O)N(c4nc5ccc(F)cc5s4)C3c3ccccc3F)ccc2O1. The summed E-state index contributed by atoms with van der Waals surface area (Å²) in [5.41, 5.74) is 1.39. The van der Waals surface area contributed by atoms with E-state index in [0.717, 1.165) is 21.8 Å². The second kappa shape index (κ2) is 8.23. The number of rotatable bonds is 3. The van der Waals surface area contributed by atoms with Crippen LogP contribution in [-0.4, -0.2) is 27.9 Å². The van der Waals surface area contributed by atoms with Gasteiger partial charge < -0.3 is 9.84 Å². The summed E-state index contributed by atoms with van der Waals surface area (Å²) < 4.78 is 35.0. The van der Waals surface area contributed by atoms with Crippen molar-refractivity contribution < 1.29 is 28.2 Å². The van der Waals surface area contributed by atoms with E-state index in [2.05, 4.69) is 4.98 Å². The van der Waals surface area contributed by atoms with E-state index in [1.165, 1.54) is 36.4 Å². The molecule has 3 aromatic carbocycles. The monoisotopic (exact) mass is 504 g/mol. The molecule has 4 aromatic rings. The molecular formula is C27H18F2N2O4S. The Morgan fingerprint density at radius 2 is 1.92 bits per heavy atom. The first-order valence-corrected chi connectivity index (χ1v) is 12.0. The fourth-order valence-corrected chi connectivity index (χ4v) is 5.75. The number of aromatic nitrogens is 1. The first-order valence-electron chi connectivity index (χ1n) is 11.2. The van der Waals surface area contributed by atoms with Crippen LogP contribution in [0, 0.1) is 11.6 Å². The van der Waals surface area contributed by atoms with E-state index in [4.69, 9.17) is 4.74 Å². The molecule has 0 spiro atoms. The van der Waals surface area contributed by atoms with Crippen LogP contribution >= 0.6 is 11.3 Å². The summed E-state index contributed by atoms with van der Waals surface area (Å²) in [6, 6.07) is 13.5. The van der Waals surface area contributed by atoms with Crippen LogP contribution in [0.3, 0.4) is 0 Å². The molecule has 0 bridgehead atoms. The zero-order chi connectivity index (χ0) is 25.1. The van der Waals surface area contributed by atoms with Gasteiger partial charge in [-0.15, -0.1) is 0 Å². The van der Waals surface area contributed by atoms with Crippen LogP contribution in [0.25, 0.3) is 16.0 Å². The van der Waals surface area contributed by atoms with E-state index in [1.807, 2.05) is 6.92 Å². The van der Waals surface area contributed by atoms with E-state index in [9.17, 15) is 19.1 Å². The molecule has 3 heterocycles. The van der Waals surface area contributed by atoms with Crippen molar-refractivity contribution in [2.45, 2.75) is 25.5 Å². The lowest BCUT2D eigenvalue weighted by Gasteiger charge is -2.23. The average molecular weight is 505 g/mol. The maximum Gasteiger partial charge on any atom is 0.301 e. The lowest BCUT2D eigenvalue weighted by molar-refractivity contribution is -0.132. The molecule has 2 aliphatic heterocycles. The van der Waals surface area contributed by atoms with Gasteiger partial charge in [-0.1, -0.05) is 29.5 Å². The molecule has 2 unspecified atom stereocenters. The summed E-state index contributed by atoms with van der Waals surface area (Å²) in [6.45, 7) is 1.92. The average Bonchev–Trinajstić information content (AvgIpc) is 3.51. The quantitative estimate of drug-likeness (QED) is 0.226. The Kier molecular flexibility index (Phi) is 5.11. The van der Waals surface area contributed by atoms with Gasteiger partial charge in [0.15, 0.2) is 5.13 Å². The van der Waals surface area contributed by atoms with Gasteiger partial charge in [0.05, 0.1) is 15.8 Å². The lowest BCUT2D eigenvalue weighted by Crippen LogP contribution is -2.29. The zero-order valence-electron chi connectivity index (χ0n) is 18.9. The second-order valence-electron chi connectivity index (χ2n) is 8.75. The van der Waals surface area contributed by atoms with E-state index in [1.54, 1.807) is 24.3 Å². The van der Waals surface area contributed by atoms with Gasteiger partial charge >= 0.3 is 5.91 Å². The number of thiazole rings is 1. The van der Waals surface area contributed by atoms with Crippen molar-refractivity contribution >= 4 is 44.1 Å². The van der Waals surface area contributed by atoms with Crippen molar-refractivity contribution in [2.24, 2.45) is 0 Å². The Morgan fingerprint density at radius 3 is 2.72 bits per heavy atom. The first-order chi connectivity index (χ1) is 17.3. The van der Waals surface area contributed by atoms with Gasteiger partial charge in [-0.05, 0) is 55.0 Å². The molecule has 36 heavy (non-hydrogen) atoms. The molecule has 1 aromatic heterocycles. The standard InChI is InChI=1S/C27H18F2N2O4S/c1-13-10-15-11-14(6-9-20(15)35-13)24(32)22-23(17-4-2-3-5-18(17)29)31(26(34)25(22)33)27-30-19-8-7-16(28)12-21(19)36-27/h2-9,11-13,23,32H,10H2,1H3. The third kappa shape index (κ3) is 3.46. The van der Waals surface area contributed by atoms with Crippen LogP contribution in [0.15, 0.2) is 66.2 Å². The number of ketones is 1. The molecular weight excluding hydrogens is 486 g/mol. The van der Waals surface area contributed by atoms with Gasteiger partial charge in [0.1, 0.15) is 35.3 Å². The third-order valence-corrected chi connectivity index (χ3v) is 7.38. The van der Waals surface area contributed by atoms with Crippen LogP contribution in [0.1, 0.15) is 29.7 Å². The number of Topliss-reactive ketones (excluding diaryl/α,β-unsaturated/α-hetero) is 1. The highest BCUT2D eigenvalue weighted by atomic mass is 32.1. The molecule has 0 radical (unpaired) electrons. The second-order valence-corrected chi connectivity index (χ2v) is 9.76. The van der Waals surface area contributed by atoms with Gasteiger partial charge in [-0.3, -0.25) is 14.5 Å². The predicted molar refractivity (Wildman–Crippen MR) is 131 cm³/mol. The van der Waals surface area contributed by atoms with Crippen molar-refractivity contribution in [3.05, 3.63) is 94.6 Å². The van der Waals surface area contributed by atoms with Gasteiger partial charge in [-0.2, -0.15) is 0 Å². The number of amides is 1. The topological polar surface area (TPSA) is 79.7 Å². The Bertz CT molecular complexity index is 1610. The van der Waals surface area contributed by atoms with Crippen molar-refractivity contribution in [3.8, 4) is 5.75 Å². The normalized spacial score (nSPS) is 20.7. The molecule has 0 aliphatic carbocycles. The Morgan fingerprint density at radius 1 is 1.11 bits per heavy atom. The van der Waals surface area contributed by atoms with Gasteiger partial charge in [0, 0.05) is 17.5 Å². The lowest BCUT2D eigenvalue weighted by atomic mass is 9.94. The fourth-order valence-electron chi connectivity index (χ4n) is 4.74. The number of carbonyl (C=O) groups is 2. The molecule has 180 valence electrons. The van der Waals surface area contributed by atoms with Crippen molar-refractivity contribution in [1.82, 2.24) is 4.98 Å². The molecule has 6 rings (SSSR count). The Labute approximate surface area is 208 Å². The number of halogens is 2. The maximum atomic E-state index is 15.1. The van der Waals surface area contributed by atoms with E-state index < -0.39 is 35.1 Å². The molecule has 6 nitrogen and oxygen atoms in total. The number of hydrogen-bond donors (Lipinski definition) is 1. The summed E-state index contributed by atoms with van der Waals surface area (Å²) >= 11 is 1.00. The summed E-state index contributed by atoms with van der Waals surface area (Å²) in [7, 11) is 0. The predicted octanol–water partition coefficient (Wildman–Crippen LogP) is 5.52. The minimum absolute atomic E-state index is 0.0229. The fraction of sp³-hybridized carbons (Fsp3) is 0.148. The molecule has 2 aliphatic rings. The maximum absolute atomic E-state index is 15.1. The summed E-state index contributed by atoms with van der Waals surface area (Å²) in [5, 5.41) is 11.4. The van der Waals surface area contributed by atoms with E-state index in [-0.39, 0.29) is 22.4 Å². The molecule has 1 amide bonds. The first kappa shape index (κ1) is 22.4. The number of aliphatic hydroxyl groups excluding tert-OH is 1. The van der Waals surface area contributed by atoms with Gasteiger partial charge in [0.25, 0.3) is 5.78 Å².